The molecule has 0 bridgehead atoms. The Balaban J connectivity index is 0.00000243. The fourth-order valence-corrected chi connectivity index (χ4v) is 2.92. The van der Waals surface area contributed by atoms with Crippen molar-refractivity contribution in [2.45, 2.75) is 13.8 Å². The number of hydrazone groups is 1. The van der Waals surface area contributed by atoms with Crippen LogP contribution < -0.4 is 10.7 Å². The molecule has 0 spiro atoms. The van der Waals surface area contributed by atoms with Crippen LogP contribution in [0.2, 0.25) is 0 Å². The second kappa shape index (κ2) is 9.26. The average molecular weight is 431 g/mol. The van der Waals surface area contributed by atoms with Gasteiger partial charge in [0.25, 0.3) is 0 Å². The lowest BCUT2D eigenvalue weighted by Gasteiger charge is -2.03. The first-order valence-corrected chi connectivity index (χ1v) is 8.69. The summed E-state index contributed by atoms with van der Waals surface area (Å²) in [5.74, 6) is -0.0838. The fraction of sp³-hybridized carbons (Fsp3) is 0.105. The standard InChI is InChI=1S/C19H18N4OS.BrH/c1-13(15-6-4-3-5-7-15)22-23-19-21-18(12-25-19)16-8-10-17(11-9-16)20-14(2)24;/h3-12H,1-2H3,(H,20,24)(H,21,23);1H/b22-13-;. The van der Waals surface area contributed by atoms with Crippen molar-refractivity contribution >= 4 is 50.8 Å². The largest absolute Gasteiger partial charge is 0.326 e. The molecule has 0 atom stereocenters. The summed E-state index contributed by atoms with van der Waals surface area (Å²) >= 11 is 1.50. The number of aromatic nitrogens is 1. The predicted molar refractivity (Wildman–Crippen MR) is 114 cm³/mol. The quantitative estimate of drug-likeness (QED) is 0.432. The zero-order chi connectivity index (χ0) is 17.6. The van der Waals surface area contributed by atoms with Crippen LogP contribution >= 0.6 is 28.3 Å². The minimum absolute atomic E-state index is 0. The van der Waals surface area contributed by atoms with Gasteiger partial charge in [0.15, 0.2) is 0 Å². The summed E-state index contributed by atoms with van der Waals surface area (Å²) in [6.07, 6.45) is 0. The summed E-state index contributed by atoms with van der Waals surface area (Å²) in [4.78, 5) is 15.6. The van der Waals surface area contributed by atoms with Crippen molar-refractivity contribution in [1.82, 2.24) is 4.98 Å². The zero-order valence-corrected chi connectivity index (χ0v) is 16.9. The van der Waals surface area contributed by atoms with Gasteiger partial charge in [-0.25, -0.2) is 4.98 Å². The number of amides is 1. The summed E-state index contributed by atoms with van der Waals surface area (Å²) in [6.45, 7) is 3.45. The smallest absolute Gasteiger partial charge is 0.221 e. The van der Waals surface area contributed by atoms with E-state index in [0.29, 0.717) is 0 Å². The number of halogens is 1. The van der Waals surface area contributed by atoms with E-state index in [-0.39, 0.29) is 22.9 Å². The van der Waals surface area contributed by atoms with E-state index in [9.17, 15) is 4.79 Å². The number of nitrogens with zero attached hydrogens (tertiary/aromatic N) is 2. The zero-order valence-electron chi connectivity index (χ0n) is 14.4. The van der Waals surface area contributed by atoms with Crippen LogP contribution in [0, 0.1) is 0 Å². The van der Waals surface area contributed by atoms with Crippen LogP contribution in [0.4, 0.5) is 10.8 Å². The Bertz CT molecular complexity index is 891. The lowest BCUT2D eigenvalue weighted by atomic mass is 10.1. The molecule has 1 heterocycles. The Hall–Kier alpha value is -2.51. The molecule has 0 aliphatic carbocycles. The van der Waals surface area contributed by atoms with E-state index in [2.05, 4.69) is 20.8 Å². The highest BCUT2D eigenvalue weighted by molar-refractivity contribution is 8.93. The molecule has 0 radical (unpaired) electrons. The maximum Gasteiger partial charge on any atom is 0.221 e. The second-order valence-corrected chi connectivity index (χ2v) is 6.33. The SMILES string of the molecule is Br.CC(=O)Nc1ccc(-c2csc(N/N=C(/C)c3ccccc3)n2)cc1. The fourth-order valence-electron chi connectivity index (χ4n) is 2.26. The van der Waals surface area contributed by atoms with Crippen molar-refractivity contribution in [3.05, 3.63) is 65.5 Å². The molecular weight excluding hydrogens is 412 g/mol. The first kappa shape index (κ1) is 19.8. The molecule has 0 fully saturated rings. The van der Waals surface area contributed by atoms with Crippen LogP contribution in [-0.4, -0.2) is 16.6 Å². The van der Waals surface area contributed by atoms with Gasteiger partial charge in [-0.1, -0.05) is 42.5 Å². The summed E-state index contributed by atoms with van der Waals surface area (Å²) in [6, 6.07) is 17.6. The number of hydrogen-bond donors (Lipinski definition) is 2. The van der Waals surface area contributed by atoms with E-state index >= 15 is 0 Å². The maximum absolute atomic E-state index is 11.1. The number of nitrogens with one attached hydrogen (secondary N) is 2. The Kier molecular flexibility index (Phi) is 7.06. The van der Waals surface area contributed by atoms with Gasteiger partial charge in [-0.2, -0.15) is 5.10 Å². The Morgan fingerprint density at radius 1 is 1.04 bits per heavy atom. The van der Waals surface area contributed by atoms with Crippen LogP contribution in [0.1, 0.15) is 19.4 Å². The molecule has 0 unspecified atom stereocenters. The van der Waals surface area contributed by atoms with E-state index in [0.717, 1.165) is 33.4 Å². The lowest BCUT2D eigenvalue weighted by molar-refractivity contribution is -0.114. The number of carbonyl (C=O) groups is 1. The molecular formula is C19H19BrN4OS. The van der Waals surface area contributed by atoms with Crippen molar-refractivity contribution in [2.24, 2.45) is 5.10 Å². The summed E-state index contributed by atoms with van der Waals surface area (Å²) in [5, 5.41) is 9.84. The van der Waals surface area contributed by atoms with Crippen molar-refractivity contribution in [3.63, 3.8) is 0 Å². The van der Waals surface area contributed by atoms with Crippen molar-refractivity contribution in [3.8, 4) is 11.3 Å². The molecule has 7 heteroatoms. The number of rotatable bonds is 5. The van der Waals surface area contributed by atoms with Gasteiger partial charge in [-0.15, -0.1) is 28.3 Å². The van der Waals surface area contributed by atoms with Crippen LogP contribution in [0.3, 0.4) is 0 Å². The van der Waals surface area contributed by atoms with Crippen LogP contribution in [-0.2, 0) is 4.79 Å². The molecule has 3 rings (SSSR count). The highest BCUT2D eigenvalue weighted by Gasteiger charge is 2.05. The minimum Gasteiger partial charge on any atom is -0.326 e. The third-order valence-electron chi connectivity index (χ3n) is 3.52. The molecule has 1 aromatic heterocycles. The summed E-state index contributed by atoms with van der Waals surface area (Å²) in [5.41, 5.74) is 7.61. The van der Waals surface area contributed by atoms with E-state index < -0.39 is 0 Å². The van der Waals surface area contributed by atoms with Gasteiger partial charge < -0.3 is 5.32 Å². The van der Waals surface area contributed by atoms with Gasteiger partial charge >= 0.3 is 0 Å². The molecule has 26 heavy (non-hydrogen) atoms. The van der Waals surface area contributed by atoms with Crippen LogP contribution in [0.15, 0.2) is 65.1 Å². The predicted octanol–water partition coefficient (Wildman–Crippen LogP) is 5.18. The Labute approximate surface area is 167 Å². The summed E-state index contributed by atoms with van der Waals surface area (Å²) < 4.78 is 0. The minimum atomic E-state index is -0.0838. The molecule has 5 nitrogen and oxygen atoms in total. The average Bonchev–Trinajstić information content (AvgIpc) is 3.09. The molecule has 2 aromatic carbocycles. The second-order valence-electron chi connectivity index (χ2n) is 5.47. The number of anilines is 2. The number of carbonyl (C=O) groups excluding carboxylic acids is 1. The van der Waals surface area contributed by atoms with E-state index in [1.165, 1.54) is 18.3 Å². The number of benzene rings is 2. The topological polar surface area (TPSA) is 66.4 Å². The van der Waals surface area contributed by atoms with Gasteiger partial charge in [-0.05, 0) is 24.6 Å². The van der Waals surface area contributed by atoms with Crippen LogP contribution in [0.25, 0.3) is 11.3 Å². The normalized spacial score (nSPS) is 10.8. The first-order chi connectivity index (χ1) is 12.1. The van der Waals surface area contributed by atoms with Crippen molar-refractivity contribution in [2.75, 3.05) is 10.7 Å². The maximum atomic E-state index is 11.1. The molecule has 2 N–H and O–H groups in total. The Morgan fingerprint density at radius 2 is 1.73 bits per heavy atom. The molecule has 134 valence electrons. The first-order valence-electron chi connectivity index (χ1n) is 7.81. The van der Waals surface area contributed by atoms with E-state index in [4.69, 9.17) is 0 Å². The van der Waals surface area contributed by atoms with Crippen molar-refractivity contribution in [1.29, 1.82) is 0 Å². The monoisotopic (exact) mass is 430 g/mol. The molecule has 1 amide bonds. The van der Waals surface area contributed by atoms with Crippen molar-refractivity contribution < 1.29 is 4.79 Å². The van der Waals surface area contributed by atoms with Gasteiger partial charge in [0.05, 0.1) is 11.4 Å². The molecule has 0 saturated heterocycles. The number of thiazole rings is 1. The van der Waals surface area contributed by atoms with Gasteiger partial charge in [0, 0.05) is 23.6 Å². The van der Waals surface area contributed by atoms with E-state index in [1.807, 2.05) is 66.9 Å². The van der Waals surface area contributed by atoms with Gasteiger partial charge in [0.1, 0.15) is 0 Å². The third kappa shape index (κ3) is 5.24. The molecule has 0 aliphatic rings. The summed E-state index contributed by atoms with van der Waals surface area (Å²) in [7, 11) is 0. The Morgan fingerprint density at radius 3 is 2.38 bits per heavy atom. The highest BCUT2D eigenvalue weighted by Crippen LogP contribution is 2.26. The van der Waals surface area contributed by atoms with Crippen LogP contribution in [0.5, 0.6) is 0 Å². The third-order valence-corrected chi connectivity index (χ3v) is 4.26. The van der Waals surface area contributed by atoms with Gasteiger partial charge in [-0.3, -0.25) is 10.2 Å². The van der Waals surface area contributed by atoms with Gasteiger partial charge in [0.2, 0.25) is 11.0 Å². The molecule has 0 aliphatic heterocycles. The lowest BCUT2D eigenvalue weighted by Crippen LogP contribution is -2.05. The highest BCUT2D eigenvalue weighted by atomic mass is 79.9. The number of hydrogen-bond acceptors (Lipinski definition) is 5. The molecule has 0 saturated carbocycles. The van der Waals surface area contributed by atoms with E-state index in [1.54, 1.807) is 0 Å². The molecule has 3 aromatic rings.